The van der Waals surface area contributed by atoms with Gasteiger partial charge in [-0.1, -0.05) is 12.1 Å². The smallest absolute Gasteiger partial charge is 0.242 e. The molecular formula is C14H23N3O2S. The van der Waals surface area contributed by atoms with Crippen molar-refractivity contribution in [3.63, 3.8) is 0 Å². The van der Waals surface area contributed by atoms with Crippen molar-refractivity contribution in [2.45, 2.75) is 24.4 Å². The maximum Gasteiger partial charge on any atom is 0.242 e. The van der Waals surface area contributed by atoms with E-state index in [0.717, 1.165) is 31.7 Å². The van der Waals surface area contributed by atoms with Gasteiger partial charge in [-0.25, -0.2) is 12.7 Å². The second-order valence-corrected chi connectivity index (χ2v) is 7.67. The molecule has 20 heavy (non-hydrogen) atoms. The zero-order valence-electron chi connectivity index (χ0n) is 12.3. The maximum atomic E-state index is 12.0. The molecule has 1 atom stereocenters. The van der Waals surface area contributed by atoms with Crippen LogP contribution in [0, 0.1) is 0 Å². The van der Waals surface area contributed by atoms with Crippen LogP contribution in [0.25, 0.3) is 0 Å². The first kappa shape index (κ1) is 15.4. The maximum absolute atomic E-state index is 12.0. The molecule has 0 amide bonds. The van der Waals surface area contributed by atoms with E-state index in [1.54, 1.807) is 26.2 Å². The largest absolute Gasteiger partial charge is 0.312 e. The van der Waals surface area contributed by atoms with Crippen LogP contribution in [0.15, 0.2) is 29.2 Å². The van der Waals surface area contributed by atoms with Crippen molar-refractivity contribution in [2.24, 2.45) is 0 Å². The van der Waals surface area contributed by atoms with Gasteiger partial charge in [0.25, 0.3) is 0 Å². The lowest BCUT2D eigenvalue weighted by molar-refractivity contribution is 0.199. The second-order valence-electron chi connectivity index (χ2n) is 5.52. The minimum atomic E-state index is -3.33. The van der Waals surface area contributed by atoms with Crippen LogP contribution in [0.1, 0.15) is 12.5 Å². The van der Waals surface area contributed by atoms with Crippen molar-refractivity contribution in [1.29, 1.82) is 0 Å². The summed E-state index contributed by atoms with van der Waals surface area (Å²) in [6, 6.07) is 7.70. The fraction of sp³-hybridized carbons (Fsp3) is 0.571. The Balaban J connectivity index is 2.05. The molecule has 1 aromatic rings. The van der Waals surface area contributed by atoms with E-state index in [2.05, 4.69) is 17.1 Å². The van der Waals surface area contributed by atoms with E-state index >= 15 is 0 Å². The van der Waals surface area contributed by atoms with Crippen LogP contribution >= 0.6 is 0 Å². The summed E-state index contributed by atoms with van der Waals surface area (Å²) in [5, 5.41) is 3.41. The topological polar surface area (TPSA) is 52.7 Å². The number of hydrogen-bond acceptors (Lipinski definition) is 4. The minimum Gasteiger partial charge on any atom is -0.312 e. The van der Waals surface area contributed by atoms with E-state index < -0.39 is 10.0 Å². The Morgan fingerprint density at radius 1 is 1.30 bits per heavy atom. The Kier molecular flexibility index (Phi) is 4.80. The molecule has 0 aliphatic carbocycles. The van der Waals surface area contributed by atoms with E-state index in [1.807, 2.05) is 12.1 Å². The third kappa shape index (κ3) is 3.58. The van der Waals surface area contributed by atoms with Crippen molar-refractivity contribution in [3.05, 3.63) is 29.8 Å². The highest BCUT2D eigenvalue weighted by Crippen LogP contribution is 2.15. The average Bonchev–Trinajstić information content (AvgIpc) is 2.39. The summed E-state index contributed by atoms with van der Waals surface area (Å²) >= 11 is 0. The minimum absolute atomic E-state index is 0.347. The fourth-order valence-corrected chi connectivity index (χ4v) is 3.29. The summed E-state index contributed by atoms with van der Waals surface area (Å²) in [5.74, 6) is 0. The highest BCUT2D eigenvalue weighted by molar-refractivity contribution is 7.89. The second kappa shape index (κ2) is 6.22. The van der Waals surface area contributed by atoms with Crippen molar-refractivity contribution in [3.8, 4) is 0 Å². The van der Waals surface area contributed by atoms with Crippen LogP contribution in [-0.4, -0.2) is 57.4 Å². The number of nitrogens with zero attached hydrogens (tertiary/aromatic N) is 2. The number of hydrogen-bond donors (Lipinski definition) is 1. The lowest BCUT2D eigenvalue weighted by atomic mass is 10.1. The zero-order valence-corrected chi connectivity index (χ0v) is 13.2. The molecule has 0 aromatic heterocycles. The van der Waals surface area contributed by atoms with Gasteiger partial charge in [-0.2, -0.15) is 0 Å². The first-order valence-corrected chi connectivity index (χ1v) is 8.31. The molecule has 0 saturated carbocycles. The van der Waals surface area contributed by atoms with Gasteiger partial charge >= 0.3 is 0 Å². The van der Waals surface area contributed by atoms with Gasteiger partial charge in [-0.05, 0) is 24.6 Å². The molecule has 0 radical (unpaired) electrons. The van der Waals surface area contributed by atoms with Crippen LogP contribution in [0.4, 0.5) is 0 Å². The first-order chi connectivity index (χ1) is 9.39. The van der Waals surface area contributed by atoms with Gasteiger partial charge in [0.1, 0.15) is 0 Å². The van der Waals surface area contributed by atoms with Crippen LogP contribution in [-0.2, 0) is 16.6 Å². The zero-order chi connectivity index (χ0) is 14.8. The molecule has 6 heteroatoms. The highest BCUT2D eigenvalue weighted by atomic mass is 32.2. The first-order valence-electron chi connectivity index (χ1n) is 6.87. The third-order valence-corrected chi connectivity index (χ3v) is 5.39. The summed E-state index contributed by atoms with van der Waals surface area (Å²) < 4.78 is 25.2. The lowest BCUT2D eigenvalue weighted by Gasteiger charge is -2.31. The van der Waals surface area contributed by atoms with Gasteiger partial charge in [0.15, 0.2) is 0 Å². The molecule has 0 spiro atoms. The molecule has 1 saturated heterocycles. The van der Waals surface area contributed by atoms with Gasteiger partial charge in [0.05, 0.1) is 4.90 Å². The lowest BCUT2D eigenvalue weighted by Crippen LogP contribution is -2.48. The van der Waals surface area contributed by atoms with Gasteiger partial charge in [-0.3, -0.25) is 4.90 Å². The Morgan fingerprint density at radius 2 is 1.95 bits per heavy atom. The molecule has 2 rings (SSSR count). The van der Waals surface area contributed by atoms with Crippen molar-refractivity contribution < 1.29 is 8.42 Å². The molecular weight excluding hydrogens is 274 g/mol. The standard InChI is InChI=1S/C14H23N3O2S/c1-12-10-17(9-8-15-12)11-13-4-6-14(7-5-13)20(18,19)16(2)3/h4-7,12,15H,8-11H2,1-3H3. The van der Waals surface area contributed by atoms with E-state index in [9.17, 15) is 8.42 Å². The van der Waals surface area contributed by atoms with Crippen molar-refractivity contribution in [1.82, 2.24) is 14.5 Å². The molecule has 1 N–H and O–H groups in total. The fourth-order valence-electron chi connectivity index (χ4n) is 2.39. The quantitative estimate of drug-likeness (QED) is 0.890. The van der Waals surface area contributed by atoms with Crippen LogP contribution in [0.5, 0.6) is 0 Å². The molecule has 1 aromatic carbocycles. The Hall–Kier alpha value is -0.950. The Morgan fingerprint density at radius 3 is 2.50 bits per heavy atom. The van der Waals surface area contributed by atoms with E-state index in [4.69, 9.17) is 0 Å². The van der Waals surface area contributed by atoms with Crippen LogP contribution in [0.3, 0.4) is 0 Å². The Labute approximate surface area is 121 Å². The monoisotopic (exact) mass is 297 g/mol. The molecule has 1 fully saturated rings. The number of rotatable bonds is 4. The van der Waals surface area contributed by atoms with Gasteiger partial charge < -0.3 is 5.32 Å². The third-order valence-electron chi connectivity index (χ3n) is 3.56. The van der Waals surface area contributed by atoms with Crippen molar-refractivity contribution >= 4 is 10.0 Å². The predicted octanol–water partition coefficient (Wildman–Crippen LogP) is 0.731. The molecule has 1 aliphatic rings. The molecule has 1 heterocycles. The normalized spacial score (nSPS) is 21.3. The summed E-state index contributed by atoms with van der Waals surface area (Å²) in [6.07, 6.45) is 0. The van der Waals surface area contributed by atoms with E-state index in [1.165, 1.54) is 4.31 Å². The highest BCUT2D eigenvalue weighted by Gasteiger charge is 2.18. The molecule has 1 aliphatic heterocycles. The molecule has 0 bridgehead atoms. The Bertz CT molecular complexity index is 540. The van der Waals surface area contributed by atoms with Crippen LogP contribution < -0.4 is 5.32 Å². The molecule has 5 nitrogen and oxygen atoms in total. The van der Waals surface area contributed by atoms with Gasteiger partial charge in [-0.15, -0.1) is 0 Å². The van der Waals surface area contributed by atoms with E-state index in [-0.39, 0.29) is 0 Å². The number of benzene rings is 1. The van der Waals surface area contributed by atoms with Gasteiger partial charge in [0, 0.05) is 46.3 Å². The molecule has 112 valence electrons. The summed E-state index contributed by atoms with van der Waals surface area (Å²) in [7, 11) is -0.232. The summed E-state index contributed by atoms with van der Waals surface area (Å²) in [5.41, 5.74) is 1.15. The van der Waals surface area contributed by atoms with Gasteiger partial charge in [0.2, 0.25) is 10.0 Å². The van der Waals surface area contributed by atoms with E-state index in [0.29, 0.717) is 10.9 Å². The number of sulfonamides is 1. The van der Waals surface area contributed by atoms with Crippen LogP contribution in [0.2, 0.25) is 0 Å². The van der Waals surface area contributed by atoms with Crippen molar-refractivity contribution in [2.75, 3.05) is 33.7 Å². The summed E-state index contributed by atoms with van der Waals surface area (Å²) in [4.78, 5) is 2.73. The predicted molar refractivity (Wildman–Crippen MR) is 80.1 cm³/mol. The number of piperazine rings is 1. The average molecular weight is 297 g/mol. The number of nitrogens with one attached hydrogen (secondary N) is 1. The SMILES string of the molecule is CC1CN(Cc2ccc(S(=O)(=O)N(C)C)cc2)CCN1. The molecule has 1 unspecified atom stereocenters. The summed E-state index contributed by atoms with van der Waals surface area (Å²) in [6.45, 7) is 6.11.